The van der Waals surface area contributed by atoms with Crippen molar-refractivity contribution in [2.24, 2.45) is 0 Å². The number of carbonyl (C=O) groups is 1. The van der Waals surface area contributed by atoms with Crippen LogP contribution in [0.3, 0.4) is 0 Å². The molecule has 0 spiro atoms. The van der Waals surface area contributed by atoms with Crippen molar-refractivity contribution < 1.29 is 4.79 Å². The normalized spacial score (nSPS) is 13.4. The first kappa shape index (κ1) is 15.9. The quantitative estimate of drug-likeness (QED) is 0.887. The number of anilines is 3. The number of benzene rings is 2. The van der Waals surface area contributed by atoms with Crippen LogP contribution in [0, 0.1) is 11.3 Å². The number of hydrogen-bond acceptors (Lipinski definition) is 4. The summed E-state index contributed by atoms with van der Waals surface area (Å²) in [6, 6.07) is 17.1. The lowest BCUT2D eigenvalue weighted by Crippen LogP contribution is -2.22. The molecule has 24 heavy (non-hydrogen) atoms. The Morgan fingerprint density at radius 1 is 1.08 bits per heavy atom. The van der Waals surface area contributed by atoms with Crippen LogP contribution in [0.5, 0.6) is 0 Å². The maximum Gasteiger partial charge on any atom is 0.243 e. The molecule has 3 rings (SSSR count). The Balaban J connectivity index is 1.51. The Morgan fingerprint density at radius 2 is 1.83 bits per heavy atom. The summed E-state index contributed by atoms with van der Waals surface area (Å²) in [5.74, 6) is -0.145. The number of amides is 1. The standard InChI is InChI=1S/C19H20N4O/c20-13-15-4-3-5-17(12-15)22-19(24)14-21-16-6-8-18(9-7-16)23-10-1-2-11-23/h3-9,12,21H,1-2,10-11,14H2,(H,22,24). The average Bonchev–Trinajstić information content (AvgIpc) is 3.15. The van der Waals surface area contributed by atoms with Crippen LogP contribution in [-0.2, 0) is 4.79 Å². The van der Waals surface area contributed by atoms with E-state index in [-0.39, 0.29) is 12.5 Å². The zero-order valence-corrected chi connectivity index (χ0v) is 13.5. The Labute approximate surface area is 141 Å². The van der Waals surface area contributed by atoms with Gasteiger partial charge in [0.05, 0.1) is 18.2 Å². The highest BCUT2D eigenvalue weighted by atomic mass is 16.1. The summed E-state index contributed by atoms with van der Waals surface area (Å²) >= 11 is 0. The molecule has 0 aliphatic carbocycles. The van der Waals surface area contributed by atoms with Crippen molar-refractivity contribution >= 4 is 23.0 Å². The smallest absolute Gasteiger partial charge is 0.243 e. The summed E-state index contributed by atoms with van der Waals surface area (Å²) in [5, 5.41) is 14.8. The monoisotopic (exact) mass is 320 g/mol. The van der Waals surface area contributed by atoms with Crippen LogP contribution in [0.2, 0.25) is 0 Å². The van der Waals surface area contributed by atoms with E-state index in [0.717, 1.165) is 18.8 Å². The molecule has 1 amide bonds. The van der Waals surface area contributed by atoms with E-state index in [0.29, 0.717) is 11.3 Å². The van der Waals surface area contributed by atoms with Gasteiger partial charge in [-0.1, -0.05) is 6.07 Å². The second-order valence-electron chi connectivity index (χ2n) is 5.84. The van der Waals surface area contributed by atoms with Crippen LogP contribution >= 0.6 is 0 Å². The highest BCUT2D eigenvalue weighted by Crippen LogP contribution is 2.21. The Kier molecular flexibility index (Phi) is 4.97. The molecule has 0 radical (unpaired) electrons. The van der Waals surface area contributed by atoms with Gasteiger partial charge in [-0.05, 0) is 55.3 Å². The molecule has 1 heterocycles. The largest absolute Gasteiger partial charge is 0.376 e. The summed E-state index contributed by atoms with van der Waals surface area (Å²) in [7, 11) is 0. The van der Waals surface area contributed by atoms with Gasteiger partial charge in [0.25, 0.3) is 0 Å². The third-order valence-electron chi connectivity index (χ3n) is 4.07. The van der Waals surface area contributed by atoms with Crippen molar-refractivity contribution in [1.82, 2.24) is 0 Å². The van der Waals surface area contributed by atoms with Crippen LogP contribution in [-0.4, -0.2) is 25.5 Å². The lowest BCUT2D eigenvalue weighted by atomic mass is 10.2. The number of rotatable bonds is 5. The predicted octanol–water partition coefficient (Wildman–Crippen LogP) is 3.21. The number of carbonyl (C=O) groups excluding carboxylic acids is 1. The molecule has 1 fully saturated rings. The van der Waals surface area contributed by atoms with Gasteiger partial charge in [-0.25, -0.2) is 0 Å². The molecule has 5 heteroatoms. The summed E-state index contributed by atoms with van der Waals surface area (Å²) < 4.78 is 0. The Morgan fingerprint density at radius 3 is 2.54 bits per heavy atom. The lowest BCUT2D eigenvalue weighted by Gasteiger charge is -2.18. The van der Waals surface area contributed by atoms with Crippen molar-refractivity contribution in [3.63, 3.8) is 0 Å². The van der Waals surface area contributed by atoms with Gasteiger partial charge < -0.3 is 15.5 Å². The van der Waals surface area contributed by atoms with Crippen LogP contribution in [0.15, 0.2) is 48.5 Å². The zero-order valence-electron chi connectivity index (χ0n) is 13.5. The summed E-state index contributed by atoms with van der Waals surface area (Å²) in [6.07, 6.45) is 2.51. The fraction of sp³-hybridized carbons (Fsp3) is 0.263. The maximum atomic E-state index is 12.0. The molecule has 1 aliphatic heterocycles. The van der Waals surface area contributed by atoms with E-state index in [1.54, 1.807) is 24.3 Å². The van der Waals surface area contributed by atoms with Gasteiger partial charge >= 0.3 is 0 Å². The first-order valence-corrected chi connectivity index (χ1v) is 8.13. The van der Waals surface area contributed by atoms with Gasteiger partial charge in [-0.3, -0.25) is 4.79 Å². The van der Waals surface area contributed by atoms with Crippen molar-refractivity contribution in [3.8, 4) is 6.07 Å². The SMILES string of the molecule is N#Cc1cccc(NC(=O)CNc2ccc(N3CCCC3)cc2)c1. The van der Waals surface area contributed by atoms with Crippen LogP contribution in [0.1, 0.15) is 18.4 Å². The minimum Gasteiger partial charge on any atom is -0.376 e. The second-order valence-corrected chi connectivity index (χ2v) is 5.84. The fourth-order valence-corrected chi connectivity index (χ4v) is 2.82. The molecule has 5 nitrogen and oxygen atoms in total. The molecule has 1 aliphatic rings. The highest BCUT2D eigenvalue weighted by Gasteiger charge is 2.11. The number of hydrogen-bond donors (Lipinski definition) is 2. The average molecular weight is 320 g/mol. The minimum absolute atomic E-state index is 0.145. The van der Waals surface area contributed by atoms with E-state index in [1.807, 2.05) is 12.1 Å². The van der Waals surface area contributed by atoms with Gasteiger partial charge in [0.15, 0.2) is 0 Å². The lowest BCUT2D eigenvalue weighted by molar-refractivity contribution is -0.114. The zero-order chi connectivity index (χ0) is 16.8. The molecule has 0 bridgehead atoms. The topological polar surface area (TPSA) is 68.2 Å². The molecule has 2 aromatic carbocycles. The van der Waals surface area contributed by atoms with Gasteiger partial charge in [0, 0.05) is 30.2 Å². The van der Waals surface area contributed by atoms with E-state index in [9.17, 15) is 4.79 Å². The van der Waals surface area contributed by atoms with Crippen molar-refractivity contribution in [2.45, 2.75) is 12.8 Å². The van der Waals surface area contributed by atoms with Crippen LogP contribution in [0.25, 0.3) is 0 Å². The fourth-order valence-electron chi connectivity index (χ4n) is 2.82. The van der Waals surface area contributed by atoms with E-state index in [1.165, 1.54) is 18.5 Å². The first-order valence-electron chi connectivity index (χ1n) is 8.13. The maximum absolute atomic E-state index is 12.0. The van der Waals surface area contributed by atoms with Crippen LogP contribution in [0.4, 0.5) is 17.1 Å². The van der Waals surface area contributed by atoms with Gasteiger partial charge in [0.2, 0.25) is 5.91 Å². The van der Waals surface area contributed by atoms with Crippen LogP contribution < -0.4 is 15.5 Å². The Hall–Kier alpha value is -3.00. The molecule has 2 N–H and O–H groups in total. The van der Waals surface area contributed by atoms with Gasteiger partial charge in [-0.15, -0.1) is 0 Å². The Bertz CT molecular complexity index is 743. The molecule has 0 aromatic heterocycles. The van der Waals surface area contributed by atoms with E-state index >= 15 is 0 Å². The molecule has 1 saturated heterocycles. The first-order chi connectivity index (χ1) is 11.7. The third-order valence-corrected chi connectivity index (χ3v) is 4.07. The molecule has 2 aromatic rings. The molecule has 0 atom stereocenters. The summed E-state index contributed by atoms with van der Waals surface area (Å²) in [5.41, 5.74) is 3.30. The second kappa shape index (κ2) is 7.51. The molecule has 0 saturated carbocycles. The van der Waals surface area contributed by atoms with Gasteiger partial charge in [0.1, 0.15) is 0 Å². The van der Waals surface area contributed by atoms with E-state index < -0.39 is 0 Å². The van der Waals surface area contributed by atoms with Crippen molar-refractivity contribution in [2.75, 3.05) is 35.2 Å². The van der Waals surface area contributed by atoms with E-state index in [2.05, 4.69) is 33.7 Å². The summed E-state index contributed by atoms with van der Waals surface area (Å²) in [4.78, 5) is 14.4. The molecule has 0 unspecified atom stereocenters. The molecular weight excluding hydrogens is 300 g/mol. The third kappa shape index (κ3) is 4.05. The highest BCUT2D eigenvalue weighted by molar-refractivity contribution is 5.93. The minimum atomic E-state index is -0.145. The molecular formula is C19H20N4O. The number of nitriles is 1. The van der Waals surface area contributed by atoms with E-state index in [4.69, 9.17) is 5.26 Å². The van der Waals surface area contributed by atoms with Crippen molar-refractivity contribution in [3.05, 3.63) is 54.1 Å². The predicted molar refractivity (Wildman–Crippen MR) is 96.2 cm³/mol. The summed E-state index contributed by atoms with van der Waals surface area (Å²) in [6.45, 7) is 2.42. The number of nitrogens with zero attached hydrogens (tertiary/aromatic N) is 2. The number of nitrogens with one attached hydrogen (secondary N) is 2. The van der Waals surface area contributed by atoms with Gasteiger partial charge in [-0.2, -0.15) is 5.26 Å². The van der Waals surface area contributed by atoms with Crippen molar-refractivity contribution in [1.29, 1.82) is 5.26 Å². The molecule has 122 valence electrons.